The minimum atomic E-state index is -0.997. The average molecular weight is 342 g/mol. The molecule has 25 heavy (non-hydrogen) atoms. The van der Waals surface area contributed by atoms with E-state index in [-0.39, 0.29) is 11.7 Å². The van der Waals surface area contributed by atoms with Gasteiger partial charge in [0.15, 0.2) is 11.6 Å². The van der Waals surface area contributed by atoms with Gasteiger partial charge in [-0.05, 0) is 36.4 Å². The van der Waals surface area contributed by atoms with Crippen LogP contribution in [0.25, 0.3) is 0 Å². The topological polar surface area (TPSA) is 59.4 Å². The molecule has 0 radical (unpaired) electrons. The molecular weight excluding hydrogens is 326 g/mol. The Hall–Kier alpha value is -3.14. The molecule has 0 bridgehead atoms. The number of piperazine rings is 1. The molecule has 128 valence electrons. The van der Waals surface area contributed by atoms with Gasteiger partial charge in [-0.25, -0.2) is 13.6 Å². The van der Waals surface area contributed by atoms with Crippen LogP contribution < -0.4 is 10.2 Å². The van der Waals surface area contributed by atoms with Crippen LogP contribution >= 0.6 is 0 Å². The van der Waals surface area contributed by atoms with Crippen LogP contribution in [0.15, 0.2) is 42.5 Å². The van der Waals surface area contributed by atoms with Crippen LogP contribution in [0.5, 0.6) is 0 Å². The molecule has 3 rings (SSSR count). The molecule has 0 atom stereocenters. The van der Waals surface area contributed by atoms with Gasteiger partial charge in [-0.2, -0.15) is 5.26 Å². The minimum absolute atomic E-state index is 0.221. The average Bonchev–Trinajstić information content (AvgIpc) is 2.65. The Morgan fingerprint density at radius 1 is 1.00 bits per heavy atom. The van der Waals surface area contributed by atoms with Crippen molar-refractivity contribution in [1.82, 2.24) is 4.90 Å². The largest absolute Gasteiger partial charge is 0.368 e. The number of hydrogen-bond donors (Lipinski definition) is 1. The first kappa shape index (κ1) is 16.7. The van der Waals surface area contributed by atoms with Gasteiger partial charge in [0, 0.05) is 43.6 Å². The number of nitrogens with one attached hydrogen (secondary N) is 1. The molecule has 1 N–H and O–H groups in total. The van der Waals surface area contributed by atoms with Crippen molar-refractivity contribution >= 4 is 17.4 Å². The van der Waals surface area contributed by atoms with Crippen LogP contribution in [0, 0.1) is 23.0 Å². The van der Waals surface area contributed by atoms with Gasteiger partial charge < -0.3 is 15.1 Å². The summed E-state index contributed by atoms with van der Waals surface area (Å²) in [4.78, 5) is 16.0. The molecule has 0 saturated carbocycles. The van der Waals surface area contributed by atoms with Crippen molar-refractivity contribution in [3.63, 3.8) is 0 Å². The fourth-order valence-electron chi connectivity index (χ4n) is 2.69. The highest BCUT2D eigenvalue weighted by Gasteiger charge is 2.21. The van der Waals surface area contributed by atoms with Crippen molar-refractivity contribution < 1.29 is 13.6 Å². The van der Waals surface area contributed by atoms with E-state index < -0.39 is 11.6 Å². The zero-order valence-corrected chi connectivity index (χ0v) is 13.4. The SMILES string of the molecule is N#Cc1ccc(N2CCN(C(=O)Nc3ccc(F)c(F)c3)CC2)cc1. The Morgan fingerprint density at radius 3 is 2.28 bits per heavy atom. The summed E-state index contributed by atoms with van der Waals surface area (Å²) < 4.78 is 26.1. The predicted molar refractivity (Wildman–Crippen MR) is 90.3 cm³/mol. The second kappa shape index (κ2) is 7.18. The first-order valence-corrected chi connectivity index (χ1v) is 7.83. The number of benzene rings is 2. The molecule has 0 unspecified atom stereocenters. The molecule has 1 aliphatic heterocycles. The molecule has 1 saturated heterocycles. The monoisotopic (exact) mass is 342 g/mol. The Kier molecular flexibility index (Phi) is 4.80. The van der Waals surface area contributed by atoms with Crippen LogP contribution in [0.4, 0.5) is 25.0 Å². The number of anilines is 2. The van der Waals surface area contributed by atoms with E-state index in [0.717, 1.165) is 17.8 Å². The second-order valence-electron chi connectivity index (χ2n) is 5.69. The summed E-state index contributed by atoms with van der Waals surface area (Å²) in [6.45, 7) is 2.32. The molecular formula is C18H16F2N4O. The fraction of sp³-hybridized carbons (Fsp3) is 0.222. The molecule has 5 nitrogen and oxygen atoms in total. The number of amides is 2. The maximum absolute atomic E-state index is 13.2. The second-order valence-corrected chi connectivity index (χ2v) is 5.69. The van der Waals surface area contributed by atoms with E-state index in [4.69, 9.17) is 5.26 Å². The summed E-state index contributed by atoms with van der Waals surface area (Å²) in [6.07, 6.45) is 0. The van der Waals surface area contributed by atoms with Crippen LogP contribution in [-0.2, 0) is 0 Å². The van der Waals surface area contributed by atoms with Gasteiger partial charge in [-0.15, -0.1) is 0 Å². The first-order chi connectivity index (χ1) is 12.1. The summed E-state index contributed by atoms with van der Waals surface area (Å²) in [6, 6.07) is 12.3. The number of nitrogens with zero attached hydrogens (tertiary/aromatic N) is 3. The quantitative estimate of drug-likeness (QED) is 0.912. The van der Waals surface area contributed by atoms with Gasteiger partial charge in [0.1, 0.15) is 0 Å². The number of nitriles is 1. The maximum Gasteiger partial charge on any atom is 0.321 e. The van der Waals surface area contributed by atoms with Crippen LogP contribution in [0.3, 0.4) is 0 Å². The highest BCUT2D eigenvalue weighted by Crippen LogP contribution is 2.18. The highest BCUT2D eigenvalue weighted by molar-refractivity contribution is 5.89. The van der Waals surface area contributed by atoms with Gasteiger partial charge in [-0.1, -0.05) is 0 Å². The van der Waals surface area contributed by atoms with Crippen molar-refractivity contribution in [2.75, 3.05) is 36.4 Å². The molecule has 0 aromatic heterocycles. The number of halogens is 2. The third-order valence-corrected chi connectivity index (χ3v) is 4.10. The molecule has 2 aromatic rings. The Balaban J connectivity index is 1.56. The summed E-state index contributed by atoms with van der Waals surface area (Å²) in [5.74, 6) is -1.95. The van der Waals surface area contributed by atoms with Crippen molar-refractivity contribution in [3.8, 4) is 6.07 Å². The normalized spacial score (nSPS) is 14.1. The van der Waals surface area contributed by atoms with E-state index in [2.05, 4.69) is 16.3 Å². The first-order valence-electron chi connectivity index (χ1n) is 7.83. The molecule has 7 heteroatoms. The molecule has 0 aliphatic carbocycles. The van der Waals surface area contributed by atoms with Gasteiger partial charge in [0.05, 0.1) is 11.6 Å². The van der Waals surface area contributed by atoms with Crippen molar-refractivity contribution in [1.29, 1.82) is 5.26 Å². The number of urea groups is 1. The van der Waals surface area contributed by atoms with Crippen molar-refractivity contribution in [2.24, 2.45) is 0 Å². The maximum atomic E-state index is 13.2. The lowest BCUT2D eigenvalue weighted by atomic mass is 10.2. The van der Waals surface area contributed by atoms with E-state index in [1.54, 1.807) is 17.0 Å². The van der Waals surface area contributed by atoms with Gasteiger partial charge in [0.2, 0.25) is 0 Å². The van der Waals surface area contributed by atoms with E-state index >= 15 is 0 Å². The fourth-order valence-corrected chi connectivity index (χ4v) is 2.69. The standard InChI is InChI=1S/C18H16F2N4O/c19-16-6-3-14(11-17(16)20)22-18(25)24-9-7-23(8-10-24)15-4-1-13(12-21)2-5-15/h1-6,11H,7-10H2,(H,22,25). The van der Waals surface area contributed by atoms with Crippen molar-refractivity contribution in [2.45, 2.75) is 0 Å². The highest BCUT2D eigenvalue weighted by atomic mass is 19.2. The van der Waals surface area contributed by atoms with E-state index in [1.165, 1.54) is 6.07 Å². The molecule has 2 aromatic carbocycles. The van der Waals surface area contributed by atoms with E-state index in [9.17, 15) is 13.6 Å². The summed E-state index contributed by atoms with van der Waals surface area (Å²) in [5, 5.41) is 11.4. The number of hydrogen-bond acceptors (Lipinski definition) is 3. The number of carbonyl (C=O) groups is 1. The van der Waals surface area contributed by atoms with Crippen LogP contribution in [0.2, 0.25) is 0 Å². The lowest BCUT2D eigenvalue weighted by Crippen LogP contribution is -2.50. The Morgan fingerprint density at radius 2 is 1.68 bits per heavy atom. The van der Waals surface area contributed by atoms with E-state index in [1.807, 2.05) is 12.1 Å². The lowest BCUT2D eigenvalue weighted by molar-refractivity contribution is 0.208. The lowest BCUT2D eigenvalue weighted by Gasteiger charge is -2.36. The van der Waals surface area contributed by atoms with Crippen LogP contribution in [0.1, 0.15) is 5.56 Å². The van der Waals surface area contributed by atoms with Gasteiger partial charge >= 0.3 is 6.03 Å². The summed E-state index contributed by atoms with van der Waals surface area (Å²) in [7, 11) is 0. The number of rotatable bonds is 2. The Labute approximate surface area is 144 Å². The van der Waals surface area contributed by atoms with Crippen LogP contribution in [-0.4, -0.2) is 37.1 Å². The van der Waals surface area contributed by atoms with Gasteiger partial charge in [-0.3, -0.25) is 0 Å². The summed E-state index contributed by atoms with van der Waals surface area (Å²) >= 11 is 0. The van der Waals surface area contributed by atoms with Crippen molar-refractivity contribution in [3.05, 3.63) is 59.7 Å². The summed E-state index contributed by atoms with van der Waals surface area (Å²) in [5.41, 5.74) is 1.83. The predicted octanol–water partition coefficient (Wildman–Crippen LogP) is 3.19. The minimum Gasteiger partial charge on any atom is -0.368 e. The molecule has 1 heterocycles. The third-order valence-electron chi connectivity index (χ3n) is 4.10. The molecule has 1 fully saturated rings. The molecule has 0 spiro atoms. The smallest absolute Gasteiger partial charge is 0.321 e. The molecule has 1 aliphatic rings. The molecule has 2 amide bonds. The zero-order valence-electron chi connectivity index (χ0n) is 13.4. The third kappa shape index (κ3) is 3.86. The van der Waals surface area contributed by atoms with E-state index in [0.29, 0.717) is 31.7 Å². The Bertz CT molecular complexity index is 809. The number of carbonyl (C=O) groups excluding carboxylic acids is 1. The zero-order chi connectivity index (χ0) is 17.8. The van der Waals surface area contributed by atoms with Gasteiger partial charge in [0.25, 0.3) is 0 Å².